The first-order valence-electron chi connectivity index (χ1n) is 13.5. The van der Waals surface area contributed by atoms with Crippen LogP contribution in [-0.2, 0) is 18.4 Å². The number of aromatic nitrogens is 2. The largest absolute Gasteiger partial charge is 0.494 e. The van der Waals surface area contributed by atoms with E-state index in [0.29, 0.717) is 23.7 Å². The van der Waals surface area contributed by atoms with Gasteiger partial charge in [0.2, 0.25) is 0 Å². The number of fused-ring (bicyclic) bond motifs is 1. The number of aryl methyl sites for hydroxylation is 2. The van der Waals surface area contributed by atoms with E-state index in [2.05, 4.69) is 73.1 Å². The highest BCUT2D eigenvalue weighted by Crippen LogP contribution is 2.24. The van der Waals surface area contributed by atoms with Crippen LogP contribution in [0.15, 0.2) is 72.8 Å². The summed E-state index contributed by atoms with van der Waals surface area (Å²) in [7, 11) is 0. The van der Waals surface area contributed by atoms with E-state index in [9.17, 15) is 4.79 Å². The van der Waals surface area contributed by atoms with Crippen LogP contribution in [0.2, 0.25) is 5.02 Å². The third kappa shape index (κ3) is 7.61. The molecule has 0 aliphatic carbocycles. The van der Waals surface area contributed by atoms with Crippen molar-refractivity contribution in [2.24, 2.45) is 0 Å². The minimum Gasteiger partial charge on any atom is -0.494 e. The second-order valence-electron chi connectivity index (χ2n) is 10.7. The SMILES string of the molecule is CC(C)(C)c1ccc(OCCCn2c(CCCCCNC(=O)c3cccc(Cl)c3)nc3ccccc32)cc1. The van der Waals surface area contributed by atoms with Crippen molar-refractivity contribution >= 4 is 28.5 Å². The van der Waals surface area contributed by atoms with Gasteiger partial charge in [-0.25, -0.2) is 4.98 Å². The monoisotopic (exact) mass is 531 g/mol. The van der Waals surface area contributed by atoms with Crippen LogP contribution in [-0.4, -0.2) is 28.6 Å². The van der Waals surface area contributed by atoms with E-state index in [1.54, 1.807) is 24.3 Å². The minimum atomic E-state index is -0.0818. The minimum absolute atomic E-state index is 0.0818. The lowest BCUT2D eigenvalue weighted by molar-refractivity contribution is 0.0953. The van der Waals surface area contributed by atoms with Crippen molar-refractivity contribution in [2.75, 3.05) is 13.2 Å². The molecule has 3 aromatic carbocycles. The normalized spacial score (nSPS) is 11.6. The Hall–Kier alpha value is -3.31. The number of rotatable bonds is 12. The van der Waals surface area contributed by atoms with Crippen LogP contribution in [0.3, 0.4) is 0 Å². The Bertz CT molecular complexity index is 1340. The second-order valence-corrected chi connectivity index (χ2v) is 11.2. The number of hydrogen-bond donors (Lipinski definition) is 1. The molecular weight excluding hydrogens is 494 g/mol. The molecule has 4 rings (SSSR count). The third-order valence-corrected chi connectivity index (χ3v) is 6.93. The van der Waals surface area contributed by atoms with Crippen molar-refractivity contribution in [3.63, 3.8) is 0 Å². The van der Waals surface area contributed by atoms with Crippen LogP contribution >= 0.6 is 11.6 Å². The maximum absolute atomic E-state index is 12.3. The lowest BCUT2D eigenvalue weighted by Crippen LogP contribution is -2.24. The third-order valence-electron chi connectivity index (χ3n) is 6.70. The molecule has 0 aliphatic rings. The zero-order chi connectivity index (χ0) is 27.0. The Morgan fingerprint density at radius 2 is 1.74 bits per heavy atom. The van der Waals surface area contributed by atoms with Crippen molar-refractivity contribution in [1.29, 1.82) is 0 Å². The molecule has 6 heteroatoms. The molecule has 0 aliphatic heterocycles. The van der Waals surface area contributed by atoms with Crippen LogP contribution in [0.25, 0.3) is 11.0 Å². The van der Waals surface area contributed by atoms with Crippen molar-refractivity contribution in [3.05, 3.63) is 94.8 Å². The Balaban J connectivity index is 1.24. The number of carbonyl (C=O) groups is 1. The van der Waals surface area contributed by atoms with E-state index in [0.717, 1.165) is 55.7 Å². The molecule has 1 N–H and O–H groups in total. The number of nitrogens with zero attached hydrogens (tertiary/aromatic N) is 2. The van der Waals surface area contributed by atoms with E-state index < -0.39 is 0 Å². The van der Waals surface area contributed by atoms with E-state index in [1.165, 1.54) is 11.1 Å². The van der Waals surface area contributed by atoms with Gasteiger partial charge in [-0.05, 0) is 72.7 Å². The number of unbranched alkanes of at least 4 members (excludes halogenated alkanes) is 2. The number of halogens is 1. The molecule has 0 fully saturated rings. The predicted octanol–water partition coefficient (Wildman–Crippen LogP) is 7.60. The summed E-state index contributed by atoms with van der Waals surface area (Å²) in [6, 6.07) is 23.8. The highest BCUT2D eigenvalue weighted by molar-refractivity contribution is 6.30. The molecule has 38 heavy (non-hydrogen) atoms. The van der Waals surface area contributed by atoms with Gasteiger partial charge in [-0.2, -0.15) is 0 Å². The van der Waals surface area contributed by atoms with Gasteiger partial charge in [0, 0.05) is 30.1 Å². The smallest absolute Gasteiger partial charge is 0.251 e. The lowest BCUT2D eigenvalue weighted by Gasteiger charge is -2.19. The number of benzene rings is 3. The van der Waals surface area contributed by atoms with Crippen molar-refractivity contribution in [2.45, 2.75) is 64.8 Å². The number of carbonyl (C=O) groups excluding carboxylic acids is 1. The van der Waals surface area contributed by atoms with Gasteiger partial charge in [0.1, 0.15) is 11.6 Å². The molecule has 0 unspecified atom stereocenters. The van der Waals surface area contributed by atoms with Crippen LogP contribution < -0.4 is 10.1 Å². The van der Waals surface area contributed by atoms with E-state index in [-0.39, 0.29) is 11.3 Å². The fourth-order valence-electron chi connectivity index (χ4n) is 4.55. The van der Waals surface area contributed by atoms with Gasteiger partial charge < -0.3 is 14.6 Å². The Morgan fingerprint density at radius 3 is 2.50 bits per heavy atom. The Labute approximate surface area is 231 Å². The average molecular weight is 532 g/mol. The summed E-state index contributed by atoms with van der Waals surface area (Å²) in [5.41, 5.74) is 4.25. The number of hydrogen-bond acceptors (Lipinski definition) is 3. The molecule has 0 saturated carbocycles. The van der Waals surface area contributed by atoms with Gasteiger partial charge >= 0.3 is 0 Å². The topological polar surface area (TPSA) is 56.1 Å². The molecule has 0 bridgehead atoms. The van der Waals surface area contributed by atoms with Gasteiger partial charge in [-0.3, -0.25) is 4.79 Å². The summed E-state index contributed by atoms with van der Waals surface area (Å²) in [5.74, 6) is 1.95. The zero-order valence-corrected chi connectivity index (χ0v) is 23.4. The van der Waals surface area contributed by atoms with Crippen molar-refractivity contribution < 1.29 is 9.53 Å². The molecule has 0 atom stereocenters. The van der Waals surface area contributed by atoms with Gasteiger partial charge in [0.15, 0.2) is 0 Å². The van der Waals surface area contributed by atoms with Crippen LogP contribution in [0.5, 0.6) is 5.75 Å². The molecular formula is C32H38ClN3O2. The van der Waals surface area contributed by atoms with E-state index >= 15 is 0 Å². The number of imidazole rings is 1. The maximum atomic E-state index is 12.3. The molecule has 1 aromatic heterocycles. The zero-order valence-electron chi connectivity index (χ0n) is 22.7. The number of ether oxygens (including phenoxy) is 1. The highest BCUT2D eigenvalue weighted by atomic mass is 35.5. The standard InChI is InChI=1S/C32H38ClN3O2/c1-32(2,3)25-16-18-27(19-17-25)38-22-10-21-36-29-14-7-6-13-28(29)35-30(36)15-5-4-8-20-34-31(37)24-11-9-12-26(33)23-24/h6-7,9,11-14,16-19,23H,4-5,8,10,15,20-22H2,1-3H3,(H,34,37). The van der Waals surface area contributed by atoms with Crippen LogP contribution in [0.1, 0.15) is 68.2 Å². The first-order chi connectivity index (χ1) is 18.3. The predicted molar refractivity (Wildman–Crippen MR) is 156 cm³/mol. The quantitative estimate of drug-likeness (QED) is 0.191. The van der Waals surface area contributed by atoms with Crippen molar-refractivity contribution in [1.82, 2.24) is 14.9 Å². The van der Waals surface area contributed by atoms with Gasteiger partial charge in [0.05, 0.1) is 17.6 Å². The summed E-state index contributed by atoms with van der Waals surface area (Å²) in [6.45, 7) is 8.83. The lowest BCUT2D eigenvalue weighted by atomic mass is 9.87. The van der Waals surface area contributed by atoms with Gasteiger partial charge in [0.25, 0.3) is 5.91 Å². The first-order valence-corrected chi connectivity index (χ1v) is 13.9. The summed E-state index contributed by atoms with van der Waals surface area (Å²) in [6.07, 6.45) is 4.78. The summed E-state index contributed by atoms with van der Waals surface area (Å²) in [5, 5.41) is 3.55. The van der Waals surface area contributed by atoms with Crippen LogP contribution in [0.4, 0.5) is 0 Å². The van der Waals surface area contributed by atoms with Crippen LogP contribution in [0, 0.1) is 0 Å². The van der Waals surface area contributed by atoms with Crippen molar-refractivity contribution in [3.8, 4) is 5.75 Å². The van der Waals surface area contributed by atoms with E-state index in [1.807, 2.05) is 6.07 Å². The fraction of sp³-hybridized carbons (Fsp3) is 0.375. The summed E-state index contributed by atoms with van der Waals surface area (Å²) < 4.78 is 8.37. The molecule has 0 spiro atoms. The molecule has 5 nitrogen and oxygen atoms in total. The highest BCUT2D eigenvalue weighted by Gasteiger charge is 2.13. The average Bonchev–Trinajstić information content (AvgIpc) is 3.25. The molecule has 1 amide bonds. The first kappa shape index (κ1) is 27.7. The number of nitrogens with one attached hydrogen (secondary N) is 1. The molecule has 0 radical (unpaired) electrons. The van der Waals surface area contributed by atoms with Gasteiger partial charge in [-0.15, -0.1) is 0 Å². The Morgan fingerprint density at radius 1 is 0.947 bits per heavy atom. The number of amides is 1. The van der Waals surface area contributed by atoms with E-state index in [4.69, 9.17) is 21.3 Å². The molecule has 200 valence electrons. The molecule has 4 aromatic rings. The maximum Gasteiger partial charge on any atom is 0.251 e. The number of para-hydroxylation sites is 2. The second kappa shape index (κ2) is 13.0. The molecule has 0 saturated heterocycles. The fourth-order valence-corrected chi connectivity index (χ4v) is 4.74. The Kier molecular flexibility index (Phi) is 9.46. The summed E-state index contributed by atoms with van der Waals surface area (Å²) in [4.78, 5) is 17.2. The van der Waals surface area contributed by atoms with Gasteiger partial charge in [-0.1, -0.05) is 69.1 Å². The molecule has 1 heterocycles. The summed E-state index contributed by atoms with van der Waals surface area (Å²) >= 11 is 5.98.